The highest BCUT2D eigenvalue weighted by atomic mass is 32.1. The molecular formula is C22H26N4O15S. The van der Waals surface area contributed by atoms with Crippen LogP contribution in [0.5, 0.6) is 28.1 Å². The van der Waals surface area contributed by atoms with Crippen molar-refractivity contribution < 1.29 is 75.9 Å². The van der Waals surface area contributed by atoms with Crippen LogP contribution in [0.25, 0.3) is 0 Å². The Bertz CT molecular complexity index is 1450. The number of thiazole rings is 1. The van der Waals surface area contributed by atoms with Crippen molar-refractivity contribution in [3.63, 3.8) is 0 Å². The first-order valence-corrected chi connectivity index (χ1v) is 12.0. The molecule has 0 aliphatic rings. The van der Waals surface area contributed by atoms with E-state index in [2.05, 4.69) is 4.98 Å². The second-order valence-electron chi connectivity index (χ2n) is 8.70. The standard InChI is InChI=1S/C22H26N4O15S/c1-41-15(7-5-3-2-4-6-7)21(37,38)26-22(39,40)20(35,36)8-10(27)12(29)9(13(30)11(8)28)24-17(32)19(33,34)14-16(31)42-18(23)25-14/h2-6,15,26-31,33-40H,1H3,(H2,23,25)(H,24,32). The van der Waals surface area contributed by atoms with Gasteiger partial charge in [0, 0.05) is 7.11 Å². The summed E-state index contributed by atoms with van der Waals surface area (Å²) in [4.78, 5) is 15.8. The van der Waals surface area contributed by atoms with Gasteiger partial charge in [-0.05, 0) is 5.56 Å². The van der Waals surface area contributed by atoms with Crippen LogP contribution in [0.3, 0.4) is 0 Å². The Hall–Kier alpha value is -4.06. The number of benzene rings is 2. The molecule has 1 unspecified atom stereocenters. The predicted octanol–water partition coefficient (Wildman–Crippen LogP) is -3.58. The molecule has 2 aromatic carbocycles. The lowest BCUT2D eigenvalue weighted by Crippen LogP contribution is -2.69. The molecular weight excluding hydrogens is 592 g/mol. The topological polar surface area (TPSA) is 352 Å². The van der Waals surface area contributed by atoms with Crippen molar-refractivity contribution in [3.8, 4) is 28.1 Å². The van der Waals surface area contributed by atoms with Gasteiger partial charge in [0.05, 0.1) is 0 Å². The Morgan fingerprint density at radius 1 is 0.905 bits per heavy atom. The fourth-order valence-electron chi connectivity index (χ4n) is 3.75. The minimum Gasteiger partial charge on any atom is -0.504 e. The van der Waals surface area contributed by atoms with Crippen LogP contribution in [-0.4, -0.2) is 96.2 Å². The van der Waals surface area contributed by atoms with Crippen molar-refractivity contribution in [2.45, 2.75) is 29.5 Å². The number of phenols is 4. The number of hydrogen-bond donors (Lipinski definition) is 16. The molecule has 19 nitrogen and oxygen atoms in total. The Morgan fingerprint density at radius 2 is 1.43 bits per heavy atom. The highest BCUT2D eigenvalue weighted by Crippen LogP contribution is 2.54. The van der Waals surface area contributed by atoms with Crippen molar-refractivity contribution in [3.05, 3.63) is 47.2 Å². The van der Waals surface area contributed by atoms with Crippen molar-refractivity contribution in [2.24, 2.45) is 0 Å². The largest absolute Gasteiger partial charge is 0.504 e. The van der Waals surface area contributed by atoms with E-state index in [1.54, 1.807) is 6.07 Å². The van der Waals surface area contributed by atoms with E-state index in [1.807, 2.05) is 0 Å². The maximum absolute atomic E-state index is 12.5. The Balaban J connectivity index is 2.02. The number of nitrogens with one attached hydrogen (secondary N) is 2. The molecule has 230 valence electrons. The predicted molar refractivity (Wildman–Crippen MR) is 136 cm³/mol. The van der Waals surface area contributed by atoms with Gasteiger partial charge in [0.2, 0.25) is 5.06 Å². The Morgan fingerprint density at radius 3 is 1.88 bits per heavy atom. The van der Waals surface area contributed by atoms with Gasteiger partial charge < -0.3 is 82.2 Å². The number of rotatable bonds is 10. The molecule has 20 heteroatoms. The maximum atomic E-state index is 12.5. The van der Waals surface area contributed by atoms with Gasteiger partial charge in [-0.25, -0.2) is 10.3 Å². The number of methoxy groups -OCH3 is 1. The first kappa shape index (κ1) is 32.5. The second kappa shape index (κ2) is 11.0. The SMILES string of the molecule is COC(c1ccccc1)C(O)(O)NC(O)(O)C(O)(O)c1c(O)c(O)c(NC(=O)C(O)(O)c2nc(N)sc2O)c(O)c1O. The molecule has 0 saturated carbocycles. The van der Waals surface area contributed by atoms with Crippen LogP contribution in [0.1, 0.15) is 22.9 Å². The number of carbonyl (C=O) groups excluding carboxylic acids is 1. The number of nitrogens with two attached hydrogens (primary N) is 1. The molecule has 0 fully saturated rings. The number of aromatic hydroxyl groups is 5. The normalized spacial score (nSPS) is 13.6. The zero-order valence-electron chi connectivity index (χ0n) is 21.0. The van der Waals surface area contributed by atoms with Gasteiger partial charge in [-0.2, -0.15) is 0 Å². The van der Waals surface area contributed by atoms with Gasteiger partial charge in [0.15, 0.2) is 39.9 Å². The maximum Gasteiger partial charge on any atom is 0.294 e. The molecule has 0 saturated heterocycles. The van der Waals surface area contributed by atoms with Crippen LogP contribution in [-0.2, 0) is 21.1 Å². The molecule has 0 aliphatic heterocycles. The van der Waals surface area contributed by atoms with Gasteiger partial charge in [-0.15, -0.1) is 0 Å². The van der Waals surface area contributed by atoms with Gasteiger partial charge in [-0.1, -0.05) is 41.7 Å². The van der Waals surface area contributed by atoms with Crippen LogP contribution >= 0.6 is 11.3 Å². The van der Waals surface area contributed by atoms with E-state index in [9.17, 15) is 71.2 Å². The first-order chi connectivity index (χ1) is 19.2. The highest BCUT2D eigenvalue weighted by molar-refractivity contribution is 7.17. The molecule has 1 atom stereocenters. The number of ether oxygens (including phenoxy) is 1. The number of aromatic nitrogens is 1. The third-order valence-electron chi connectivity index (χ3n) is 5.80. The van der Waals surface area contributed by atoms with Crippen LogP contribution in [0, 0.1) is 0 Å². The average molecular weight is 619 g/mol. The monoisotopic (exact) mass is 618 g/mol. The quantitative estimate of drug-likeness (QED) is 0.0593. The zero-order valence-corrected chi connectivity index (χ0v) is 21.8. The summed E-state index contributed by atoms with van der Waals surface area (Å²) >= 11 is 0.335. The number of aliphatic hydroxyl groups is 8. The first-order valence-electron chi connectivity index (χ1n) is 11.1. The van der Waals surface area contributed by atoms with Gasteiger partial charge in [-0.3, -0.25) is 4.79 Å². The molecule has 0 aliphatic carbocycles. The number of carbonyl (C=O) groups is 1. The Labute approximate surface area is 237 Å². The summed E-state index contributed by atoms with van der Waals surface area (Å²) in [6.45, 7) is 0. The molecule has 0 bridgehead atoms. The molecule has 17 N–H and O–H groups in total. The molecule has 1 aromatic heterocycles. The van der Waals surface area contributed by atoms with E-state index in [-0.39, 0.29) is 5.56 Å². The number of anilines is 2. The minimum atomic E-state index is -4.44. The van der Waals surface area contributed by atoms with Gasteiger partial charge >= 0.3 is 0 Å². The van der Waals surface area contributed by atoms with E-state index < -0.39 is 85.5 Å². The third-order valence-corrected chi connectivity index (χ3v) is 6.49. The fraction of sp³-hybridized carbons (Fsp3) is 0.273. The summed E-state index contributed by atoms with van der Waals surface area (Å²) in [6.07, 6.45) is -1.85. The van der Waals surface area contributed by atoms with E-state index in [0.29, 0.717) is 11.3 Å². The molecule has 1 heterocycles. The smallest absolute Gasteiger partial charge is 0.294 e. The molecule has 0 spiro atoms. The van der Waals surface area contributed by atoms with Crippen LogP contribution in [0.2, 0.25) is 0 Å². The zero-order chi connectivity index (χ0) is 32.0. The van der Waals surface area contributed by atoms with Crippen molar-refractivity contribution in [2.75, 3.05) is 18.2 Å². The number of amides is 1. The van der Waals surface area contributed by atoms with Crippen LogP contribution < -0.4 is 16.4 Å². The average Bonchev–Trinajstić information content (AvgIpc) is 3.23. The summed E-state index contributed by atoms with van der Waals surface area (Å²) in [7, 11) is 0.973. The fourth-order valence-corrected chi connectivity index (χ4v) is 4.37. The van der Waals surface area contributed by atoms with E-state index in [0.717, 1.165) is 7.11 Å². The van der Waals surface area contributed by atoms with Crippen molar-refractivity contribution in [1.82, 2.24) is 10.3 Å². The second-order valence-corrected chi connectivity index (χ2v) is 9.71. The van der Waals surface area contributed by atoms with Gasteiger partial charge in [0.25, 0.3) is 29.3 Å². The third kappa shape index (κ3) is 5.55. The summed E-state index contributed by atoms with van der Waals surface area (Å²) in [5.74, 6) is -25.2. The molecule has 3 rings (SSSR count). The number of nitrogen functional groups attached to an aromatic ring is 1. The lowest BCUT2D eigenvalue weighted by atomic mass is 9.96. The van der Waals surface area contributed by atoms with E-state index in [4.69, 9.17) is 10.5 Å². The minimum absolute atomic E-state index is 0.0216. The van der Waals surface area contributed by atoms with E-state index >= 15 is 0 Å². The van der Waals surface area contributed by atoms with Crippen molar-refractivity contribution >= 4 is 28.1 Å². The van der Waals surface area contributed by atoms with Gasteiger partial charge in [0.1, 0.15) is 11.3 Å². The summed E-state index contributed by atoms with van der Waals surface area (Å²) in [5, 5.41) is 136. The highest BCUT2D eigenvalue weighted by Gasteiger charge is 2.58. The number of hydrogen-bond acceptors (Lipinski definition) is 19. The molecule has 1 amide bonds. The number of nitrogens with zero attached hydrogens (tertiary/aromatic N) is 1. The molecule has 42 heavy (non-hydrogen) atoms. The number of phenolic OH excluding ortho intramolecular Hbond substituents is 4. The Kier molecular flexibility index (Phi) is 8.48. The van der Waals surface area contributed by atoms with E-state index in [1.165, 1.54) is 34.9 Å². The van der Waals surface area contributed by atoms with Crippen molar-refractivity contribution in [1.29, 1.82) is 0 Å². The lowest BCUT2D eigenvalue weighted by Gasteiger charge is -2.41. The van der Waals surface area contributed by atoms with Crippen LogP contribution in [0.4, 0.5) is 10.8 Å². The summed E-state index contributed by atoms with van der Waals surface area (Å²) in [6, 6.07) is 7.07. The summed E-state index contributed by atoms with van der Waals surface area (Å²) in [5.41, 5.74) is 0.975. The lowest BCUT2D eigenvalue weighted by molar-refractivity contribution is -0.416. The summed E-state index contributed by atoms with van der Waals surface area (Å²) < 4.78 is 4.94. The molecule has 3 aromatic rings. The van der Waals surface area contributed by atoms with Crippen LogP contribution in [0.15, 0.2) is 30.3 Å². The molecule has 0 radical (unpaired) electrons.